The Morgan fingerprint density at radius 2 is 1.91 bits per heavy atom. The summed E-state index contributed by atoms with van der Waals surface area (Å²) in [6, 6.07) is 13.2. The van der Waals surface area contributed by atoms with Gasteiger partial charge in [0, 0.05) is 24.7 Å². The molecule has 1 fully saturated rings. The Balaban J connectivity index is 1.44. The molecule has 0 aromatic heterocycles. The number of thioether (sulfide) groups is 1. The molecule has 0 unspecified atom stereocenters. The van der Waals surface area contributed by atoms with Crippen molar-refractivity contribution in [2.45, 2.75) is 25.7 Å². The lowest BCUT2D eigenvalue weighted by molar-refractivity contribution is -0.122. The first-order valence-corrected chi connectivity index (χ1v) is 11.6. The van der Waals surface area contributed by atoms with Gasteiger partial charge in [-0.25, -0.2) is 4.79 Å². The quantitative estimate of drug-likeness (QED) is 0.233. The van der Waals surface area contributed by atoms with E-state index in [1.807, 2.05) is 0 Å². The van der Waals surface area contributed by atoms with Gasteiger partial charge in [0.2, 0.25) is 5.91 Å². The van der Waals surface area contributed by atoms with Crippen molar-refractivity contribution in [2.75, 3.05) is 19.0 Å². The normalized spacial score (nSPS) is 14.6. The maximum absolute atomic E-state index is 12.7. The molecule has 7 nitrogen and oxygen atoms in total. The SMILES string of the molecule is COC(=O)c1ccc(C=C2SC(=S)N(CCCCCC(=O)Nc3cccc(O)c3)C2=O)cc1. The molecule has 0 saturated carbocycles. The number of hydrogen-bond donors (Lipinski definition) is 2. The number of nitrogens with one attached hydrogen (secondary N) is 1. The molecule has 33 heavy (non-hydrogen) atoms. The van der Waals surface area contributed by atoms with Crippen LogP contribution in [-0.4, -0.2) is 45.8 Å². The minimum Gasteiger partial charge on any atom is -0.508 e. The van der Waals surface area contributed by atoms with Gasteiger partial charge in [-0.3, -0.25) is 14.5 Å². The fraction of sp³-hybridized carbons (Fsp3) is 0.250. The number of carbonyl (C=O) groups is 3. The van der Waals surface area contributed by atoms with Crippen LogP contribution in [0.3, 0.4) is 0 Å². The zero-order chi connectivity index (χ0) is 23.8. The van der Waals surface area contributed by atoms with E-state index in [9.17, 15) is 19.5 Å². The van der Waals surface area contributed by atoms with E-state index < -0.39 is 5.97 Å². The van der Waals surface area contributed by atoms with Crippen molar-refractivity contribution < 1.29 is 24.2 Å². The van der Waals surface area contributed by atoms with Crippen molar-refractivity contribution in [1.29, 1.82) is 0 Å². The van der Waals surface area contributed by atoms with Gasteiger partial charge in [-0.1, -0.05) is 48.6 Å². The smallest absolute Gasteiger partial charge is 0.337 e. The van der Waals surface area contributed by atoms with Crippen LogP contribution in [0, 0.1) is 0 Å². The Morgan fingerprint density at radius 3 is 2.61 bits per heavy atom. The molecule has 2 N–H and O–H groups in total. The molecule has 0 bridgehead atoms. The fourth-order valence-electron chi connectivity index (χ4n) is 3.22. The van der Waals surface area contributed by atoms with Gasteiger partial charge in [-0.2, -0.15) is 0 Å². The number of methoxy groups -OCH3 is 1. The first-order chi connectivity index (χ1) is 15.9. The summed E-state index contributed by atoms with van der Waals surface area (Å²) in [6.07, 6.45) is 4.30. The first kappa shape index (κ1) is 24.5. The monoisotopic (exact) mass is 484 g/mol. The number of anilines is 1. The largest absolute Gasteiger partial charge is 0.508 e. The minimum absolute atomic E-state index is 0.101. The second kappa shape index (κ2) is 11.6. The zero-order valence-electron chi connectivity index (χ0n) is 18.1. The van der Waals surface area contributed by atoms with Gasteiger partial charge in [0.25, 0.3) is 5.91 Å². The Kier molecular flexibility index (Phi) is 8.62. The number of nitrogens with zero attached hydrogens (tertiary/aromatic N) is 1. The third kappa shape index (κ3) is 6.90. The number of ether oxygens (including phenoxy) is 1. The Morgan fingerprint density at radius 1 is 1.15 bits per heavy atom. The average molecular weight is 485 g/mol. The van der Waals surface area contributed by atoms with Crippen molar-refractivity contribution in [2.24, 2.45) is 0 Å². The van der Waals surface area contributed by atoms with E-state index in [-0.39, 0.29) is 17.6 Å². The van der Waals surface area contributed by atoms with Crippen molar-refractivity contribution in [3.63, 3.8) is 0 Å². The Bertz CT molecular complexity index is 1080. The number of benzene rings is 2. The van der Waals surface area contributed by atoms with Crippen LogP contribution in [-0.2, 0) is 14.3 Å². The van der Waals surface area contributed by atoms with Crippen LogP contribution in [0.2, 0.25) is 0 Å². The van der Waals surface area contributed by atoms with E-state index in [0.717, 1.165) is 18.4 Å². The lowest BCUT2D eigenvalue weighted by Crippen LogP contribution is -2.29. The third-order valence-electron chi connectivity index (χ3n) is 4.92. The first-order valence-electron chi connectivity index (χ1n) is 10.4. The van der Waals surface area contributed by atoms with E-state index in [4.69, 9.17) is 12.2 Å². The van der Waals surface area contributed by atoms with Crippen molar-refractivity contribution in [1.82, 2.24) is 4.90 Å². The van der Waals surface area contributed by atoms with Gasteiger partial charge in [-0.15, -0.1) is 0 Å². The molecule has 1 aliphatic heterocycles. The van der Waals surface area contributed by atoms with E-state index in [1.165, 1.54) is 24.9 Å². The fourth-order valence-corrected chi connectivity index (χ4v) is 4.53. The highest BCUT2D eigenvalue weighted by molar-refractivity contribution is 8.26. The van der Waals surface area contributed by atoms with Gasteiger partial charge in [-0.05, 0) is 48.7 Å². The molecule has 1 heterocycles. The lowest BCUT2D eigenvalue weighted by Gasteiger charge is -2.14. The molecule has 2 amide bonds. The number of thiocarbonyl (C=S) groups is 1. The molecule has 1 saturated heterocycles. The average Bonchev–Trinajstić information content (AvgIpc) is 3.06. The number of rotatable bonds is 9. The number of esters is 1. The maximum atomic E-state index is 12.7. The Hall–Kier alpha value is -3.17. The molecule has 0 atom stereocenters. The van der Waals surface area contributed by atoms with Gasteiger partial charge >= 0.3 is 5.97 Å². The summed E-state index contributed by atoms with van der Waals surface area (Å²) < 4.78 is 5.20. The minimum atomic E-state index is -0.412. The van der Waals surface area contributed by atoms with Crippen molar-refractivity contribution in [3.05, 3.63) is 64.6 Å². The molecule has 0 spiro atoms. The molecular weight excluding hydrogens is 460 g/mol. The van der Waals surface area contributed by atoms with Crippen molar-refractivity contribution >= 4 is 57.8 Å². The summed E-state index contributed by atoms with van der Waals surface area (Å²) >= 11 is 6.62. The third-order valence-corrected chi connectivity index (χ3v) is 6.30. The number of aromatic hydroxyl groups is 1. The number of carbonyl (C=O) groups excluding carboxylic acids is 3. The summed E-state index contributed by atoms with van der Waals surface area (Å²) in [7, 11) is 1.33. The number of amides is 2. The number of hydrogen-bond acceptors (Lipinski definition) is 7. The lowest BCUT2D eigenvalue weighted by atomic mass is 10.1. The standard InChI is InChI=1S/C24H24N2O5S2/c1-31-23(30)17-11-9-16(10-12-17)14-20-22(29)26(24(32)33-20)13-4-2-3-8-21(28)25-18-6-5-7-19(27)15-18/h5-7,9-12,14-15,27H,2-4,8,13H2,1H3,(H,25,28). The summed E-state index contributed by atoms with van der Waals surface area (Å²) in [4.78, 5) is 38.4. The van der Waals surface area contributed by atoms with Crippen LogP contribution >= 0.6 is 24.0 Å². The molecule has 0 radical (unpaired) electrons. The highest BCUT2D eigenvalue weighted by atomic mass is 32.2. The molecule has 2 aromatic carbocycles. The van der Waals surface area contributed by atoms with Crippen LogP contribution in [0.5, 0.6) is 5.75 Å². The maximum Gasteiger partial charge on any atom is 0.337 e. The predicted octanol–water partition coefficient (Wildman–Crippen LogP) is 4.58. The number of phenolic OH excluding ortho intramolecular Hbond substituents is 1. The second-order valence-electron chi connectivity index (χ2n) is 7.36. The summed E-state index contributed by atoms with van der Waals surface area (Å²) in [6.45, 7) is 0.497. The number of phenols is 1. The molecular formula is C24H24N2O5S2. The molecule has 2 aromatic rings. The van der Waals surface area contributed by atoms with E-state index in [0.29, 0.717) is 39.9 Å². The van der Waals surface area contributed by atoms with Crippen LogP contribution in [0.25, 0.3) is 6.08 Å². The summed E-state index contributed by atoms with van der Waals surface area (Å²) in [5.41, 5.74) is 1.79. The van der Waals surface area contributed by atoms with Crippen LogP contribution in [0.1, 0.15) is 41.6 Å². The molecule has 172 valence electrons. The molecule has 9 heteroatoms. The zero-order valence-corrected chi connectivity index (χ0v) is 19.7. The van der Waals surface area contributed by atoms with Crippen LogP contribution in [0.15, 0.2) is 53.4 Å². The predicted molar refractivity (Wildman–Crippen MR) is 133 cm³/mol. The van der Waals surface area contributed by atoms with Crippen LogP contribution in [0.4, 0.5) is 5.69 Å². The van der Waals surface area contributed by atoms with E-state index in [1.54, 1.807) is 53.4 Å². The van der Waals surface area contributed by atoms with E-state index in [2.05, 4.69) is 10.1 Å². The van der Waals surface area contributed by atoms with Gasteiger partial charge in [0.15, 0.2) is 0 Å². The molecule has 3 rings (SSSR count). The van der Waals surface area contributed by atoms with Crippen LogP contribution < -0.4 is 5.32 Å². The molecule has 0 aliphatic carbocycles. The number of unbranched alkanes of at least 4 members (excludes halogenated alkanes) is 2. The highest BCUT2D eigenvalue weighted by Crippen LogP contribution is 2.32. The summed E-state index contributed by atoms with van der Waals surface area (Å²) in [5.74, 6) is -0.565. The van der Waals surface area contributed by atoms with E-state index >= 15 is 0 Å². The van der Waals surface area contributed by atoms with Gasteiger partial charge < -0.3 is 15.2 Å². The Labute approximate surface area is 201 Å². The second-order valence-corrected chi connectivity index (χ2v) is 9.03. The van der Waals surface area contributed by atoms with Gasteiger partial charge in [0.1, 0.15) is 10.1 Å². The molecule has 1 aliphatic rings. The summed E-state index contributed by atoms with van der Waals surface area (Å²) in [5, 5.41) is 12.2. The van der Waals surface area contributed by atoms with Gasteiger partial charge in [0.05, 0.1) is 17.6 Å². The van der Waals surface area contributed by atoms with Crippen molar-refractivity contribution in [3.8, 4) is 5.75 Å². The topological polar surface area (TPSA) is 95.9 Å². The highest BCUT2D eigenvalue weighted by Gasteiger charge is 2.31.